The van der Waals surface area contributed by atoms with Gasteiger partial charge in [0.05, 0.1) is 0 Å². The lowest BCUT2D eigenvalue weighted by atomic mass is 9.99. The largest absolute Gasteiger partial charge is 0.363 e. The minimum atomic E-state index is 0.614. The van der Waals surface area contributed by atoms with E-state index in [4.69, 9.17) is 11.6 Å². The molecule has 1 aliphatic rings. The lowest BCUT2D eigenvalue weighted by Crippen LogP contribution is -2.11. The molecule has 3 heteroatoms. The van der Waals surface area contributed by atoms with Crippen LogP contribution in [-0.2, 0) is 0 Å². The summed E-state index contributed by atoms with van der Waals surface area (Å²) >= 11 is 6.03. The van der Waals surface area contributed by atoms with Crippen molar-refractivity contribution in [3.05, 3.63) is 22.8 Å². The van der Waals surface area contributed by atoms with Crippen LogP contribution in [0, 0.1) is 0 Å². The Morgan fingerprint density at radius 3 is 2.53 bits per heavy atom. The SMILES string of the molecule is CN(C)c1cc(C2CCCC2)cc(Cl)n1. The first-order chi connectivity index (χ1) is 7.16. The first-order valence-electron chi connectivity index (χ1n) is 5.51. The summed E-state index contributed by atoms with van der Waals surface area (Å²) in [4.78, 5) is 6.30. The highest BCUT2D eigenvalue weighted by Crippen LogP contribution is 2.35. The first-order valence-corrected chi connectivity index (χ1v) is 5.89. The van der Waals surface area contributed by atoms with Crippen LogP contribution in [0.1, 0.15) is 37.2 Å². The van der Waals surface area contributed by atoms with Gasteiger partial charge in [-0.25, -0.2) is 4.98 Å². The number of nitrogens with zero attached hydrogens (tertiary/aromatic N) is 2. The Bertz CT molecular complexity index is 343. The van der Waals surface area contributed by atoms with Crippen LogP contribution in [0.4, 0.5) is 5.82 Å². The summed E-state index contributed by atoms with van der Waals surface area (Å²) in [5.74, 6) is 1.66. The molecule has 0 N–H and O–H groups in total. The van der Waals surface area contributed by atoms with Crippen molar-refractivity contribution in [2.45, 2.75) is 31.6 Å². The topological polar surface area (TPSA) is 16.1 Å². The van der Waals surface area contributed by atoms with Gasteiger partial charge in [-0.05, 0) is 36.5 Å². The van der Waals surface area contributed by atoms with E-state index in [9.17, 15) is 0 Å². The Hall–Kier alpha value is -0.760. The van der Waals surface area contributed by atoms with Crippen LogP contribution in [0.15, 0.2) is 12.1 Å². The lowest BCUT2D eigenvalue weighted by Gasteiger charge is -2.16. The summed E-state index contributed by atoms with van der Waals surface area (Å²) in [7, 11) is 3.99. The fraction of sp³-hybridized carbons (Fsp3) is 0.583. The molecule has 1 aromatic heterocycles. The van der Waals surface area contributed by atoms with Crippen LogP contribution in [-0.4, -0.2) is 19.1 Å². The highest BCUT2D eigenvalue weighted by Gasteiger charge is 2.18. The van der Waals surface area contributed by atoms with Crippen molar-refractivity contribution < 1.29 is 0 Å². The van der Waals surface area contributed by atoms with Gasteiger partial charge in [0.25, 0.3) is 0 Å². The number of hydrogen-bond acceptors (Lipinski definition) is 2. The summed E-state index contributed by atoms with van der Waals surface area (Å²) in [6, 6.07) is 4.19. The Kier molecular flexibility index (Phi) is 3.15. The smallest absolute Gasteiger partial charge is 0.131 e. The van der Waals surface area contributed by atoms with E-state index < -0.39 is 0 Å². The molecule has 1 heterocycles. The van der Waals surface area contributed by atoms with Gasteiger partial charge in [0, 0.05) is 14.1 Å². The Morgan fingerprint density at radius 2 is 1.93 bits per heavy atom. The molecule has 0 unspecified atom stereocenters. The summed E-state index contributed by atoms with van der Waals surface area (Å²) < 4.78 is 0. The average molecular weight is 225 g/mol. The molecule has 0 amide bonds. The van der Waals surface area contributed by atoms with Crippen LogP contribution in [0.5, 0.6) is 0 Å². The molecule has 2 nitrogen and oxygen atoms in total. The van der Waals surface area contributed by atoms with E-state index >= 15 is 0 Å². The maximum Gasteiger partial charge on any atom is 0.131 e. The molecule has 0 atom stereocenters. The molecule has 1 aliphatic carbocycles. The fourth-order valence-corrected chi connectivity index (χ4v) is 2.44. The third-order valence-corrected chi connectivity index (χ3v) is 3.28. The molecule has 0 radical (unpaired) electrons. The van der Waals surface area contributed by atoms with E-state index in [0.717, 1.165) is 5.82 Å². The van der Waals surface area contributed by atoms with Gasteiger partial charge in [-0.3, -0.25) is 0 Å². The van der Waals surface area contributed by atoms with Gasteiger partial charge >= 0.3 is 0 Å². The van der Waals surface area contributed by atoms with Gasteiger partial charge in [-0.2, -0.15) is 0 Å². The number of halogens is 1. The molecule has 15 heavy (non-hydrogen) atoms. The highest BCUT2D eigenvalue weighted by atomic mass is 35.5. The number of aromatic nitrogens is 1. The third kappa shape index (κ3) is 2.43. The standard InChI is InChI=1S/C12H17ClN2/c1-15(2)12-8-10(7-11(13)14-12)9-5-3-4-6-9/h7-9H,3-6H2,1-2H3. The lowest BCUT2D eigenvalue weighted by molar-refractivity contribution is 0.721. The molecular weight excluding hydrogens is 208 g/mol. The Balaban J connectivity index is 2.30. The molecule has 0 spiro atoms. The van der Waals surface area contributed by atoms with Crippen LogP contribution in [0.3, 0.4) is 0 Å². The van der Waals surface area contributed by atoms with Crippen LogP contribution < -0.4 is 4.90 Å². The van der Waals surface area contributed by atoms with Crippen molar-refractivity contribution in [1.29, 1.82) is 0 Å². The van der Waals surface area contributed by atoms with Gasteiger partial charge in [0.2, 0.25) is 0 Å². The van der Waals surface area contributed by atoms with Crippen molar-refractivity contribution in [3.8, 4) is 0 Å². The Morgan fingerprint density at radius 1 is 1.27 bits per heavy atom. The summed E-state index contributed by atoms with van der Waals surface area (Å²) in [6.07, 6.45) is 5.30. The van der Waals surface area contributed by atoms with E-state index in [1.807, 2.05) is 25.1 Å². The highest BCUT2D eigenvalue weighted by molar-refractivity contribution is 6.29. The van der Waals surface area contributed by atoms with Crippen LogP contribution >= 0.6 is 11.6 Å². The predicted octanol–water partition coefficient (Wildman–Crippen LogP) is 3.46. The summed E-state index contributed by atoms with van der Waals surface area (Å²) in [6.45, 7) is 0. The molecular formula is C12H17ClN2. The van der Waals surface area contributed by atoms with Crippen LogP contribution in [0.25, 0.3) is 0 Å². The average Bonchev–Trinajstić information content (AvgIpc) is 2.69. The number of anilines is 1. The van der Waals surface area contributed by atoms with E-state index in [1.54, 1.807) is 0 Å². The van der Waals surface area contributed by atoms with E-state index in [2.05, 4.69) is 11.1 Å². The van der Waals surface area contributed by atoms with Gasteiger partial charge in [0.1, 0.15) is 11.0 Å². The molecule has 0 aliphatic heterocycles. The van der Waals surface area contributed by atoms with E-state index in [0.29, 0.717) is 11.1 Å². The molecule has 1 fully saturated rings. The second kappa shape index (κ2) is 4.40. The van der Waals surface area contributed by atoms with Crippen molar-refractivity contribution in [1.82, 2.24) is 4.98 Å². The molecule has 0 saturated heterocycles. The molecule has 1 saturated carbocycles. The Labute approximate surface area is 96.3 Å². The zero-order chi connectivity index (χ0) is 10.8. The predicted molar refractivity (Wildman–Crippen MR) is 64.8 cm³/mol. The fourth-order valence-electron chi connectivity index (χ4n) is 2.23. The number of hydrogen-bond donors (Lipinski definition) is 0. The molecule has 82 valence electrons. The third-order valence-electron chi connectivity index (χ3n) is 3.09. The zero-order valence-corrected chi connectivity index (χ0v) is 10.1. The van der Waals surface area contributed by atoms with Crippen molar-refractivity contribution in [3.63, 3.8) is 0 Å². The second-order valence-corrected chi connectivity index (χ2v) is 4.84. The minimum absolute atomic E-state index is 0.614. The number of pyridine rings is 1. The molecule has 2 rings (SSSR count). The van der Waals surface area contributed by atoms with Crippen molar-refractivity contribution in [2.75, 3.05) is 19.0 Å². The summed E-state index contributed by atoms with van der Waals surface area (Å²) in [5, 5.41) is 0.614. The molecule has 0 bridgehead atoms. The van der Waals surface area contributed by atoms with E-state index in [-0.39, 0.29) is 0 Å². The van der Waals surface area contributed by atoms with Crippen molar-refractivity contribution >= 4 is 17.4 Å². The minimum Gasteiger partial charge on any atom is -0.363 e. The van der Waals surface area contributed by atoms with Crippen molar-refractivity contribution in [2.24, 2.45) is 0 Å². The monoisotopic (exact) mass is 224 g/mol. The molecule has 1 aromatic rings. The first kappa shape index (κ1) is 10.7. The second-order valence-electron chi connectivity index (χ2n) is 4.46. The number of rotatable bonds is 2. The molecule has 0 aromatic carbocycles. The van der Waals surface area contributed by atoms with E-state index in [1.165, 1.54) is 31.2 Å². The maximum absolute atomic E-state index is 6.03. The summed E-state index contributed by atoms with van der Waals surface area (Å²) in [5.41, 5.74) is 1.36. The zero-order valence-electron chi connectivity index (χ0n) is 9.33. The normalized spacial score (nSPS) is 17.0. The van der Waals surface area contributed by atoms with Gasteiger partial charge < -0.3 is 4.90 Å². The van der Waals surface area contributed by atoms with Gasteiger partial charge in [-0.15, -0.1) is 0 Å². The van der Waals surface area contributed by atoms with Gasteiger partial charge in [0.15, 0.2) is 0 Å². The maximum atomic E-state index is 6.03. The quantitative estimate of drug-likeness (QED) is 0.716. The van der Waals surface area contributed by atoms with Crippen LogP contribution in [0.2, 0.25) is 5.15 Å². The van der Waals surface area contributed by atoms with Gasteiger partial charge in [-0.1, -0.05) is 24.4 Å².